The Morgan fingerprint density at radius 1 is 1.53 bits per heavy atom. The smallest absolute Gasteiger partial charge is 0.0312 e. The van der Waals surface area contributed by atoms with E-state index in [2.05, 4.69) is 36.8 Å². The Kier molecular flexibility index (Phi) is 3.50. The first-order valence-electron chi connectivity index (χ1n) is 6.35. The van der Waals surface area contributed by atoms with Crippen molar-refractivity contribution in [1.82, 2.24) is 9.88 Å². The summed E-state index contributed by atoms with van der Waals surface area (Å²) in [6.45, 7) is 5.48. The molecule has 2 unspecified atom stereocenters. The van der Waals surface area contributed by atoms with Crippen molar-refractivity contribution < 1.29 is 0 Å². The van der Waals surface area contributed by atoms with Gasteiger partial charge in [0.1, 0.15) is 0 Å². The second-order valence-corrected chi connectivity index (χ2v) is 5.90. The van der Waals surface area contributed by atoms with Crippen LogP contribution in [0.15, 0.2) is 24.5 Å². The first-order valence-corrected chi connectivity index (χ1v) is 6.35. The van der Waals surface area contributed by atoms with Crippen molar-refractivity contribution in [2.24, 2.45) is 11.1 Å². The van der Waals surface area contributed by atoms with Gasteiger partial charge >= 0.3 is 0 Å². The van der Waals surface area contributed by atoms with Crippen LogP contribution in [0.5, 0.6) is 0 Å². The van der Waals surface area contributed by atoms with Gasteiger partial charge in [0.15, 0.2) is 0 Å². The molecule has 2 atom stereocenters. The van der Waals surface area contributed by atoms with Crippen LogP contribution in [0.3, 0.4) is 0 Å². The Morgan fingerprint density at radius 2 is 2.29 bits per heavy atom. The van der Waals surface area contributed by atoms with Crippen molar-refractivity contribution in [2.45, 2.75) is 45.3 Å². The highest BCUT2D eigenvalue weighted by atomic mass is 15.2. The van der Waals surface area contributed by atoms with Crippen LogP contribution in [-0.2, 0) is 6.54 Å². The molecule has 1 saturated carbocycles. The molecule has 1 aliphatic rings. The lowest BCUT2D eigenvalue weighted by molar-refractivity contribution is 0.191. The van der Waals surface area contributed by atoms with Gasteiger partial charge in [0, 0.05) is 31.0 Å². The fourth-order valence-corrected chi connectivity index (χ4v) is 2.78. The van der Waals surface area contributed by atoms with Crippen LogP contribution in [0, 0.1) is 5.41 Å². The van der Waals surface area contributed by atoms with Gasteiger partial charge in [0.2, 0.25) is 0 Å². The zero-order valence-corrected chi connectivity index (χ0v) is 11.1. The molecule has 17 heavy (non-hydrogen) atoms. The van der Waals surface area contributed by atoms with Crippen LogP contribution in [-0.4, -0.2) is 29.0 Å². The molecule has 0 spiro atoms. The maximum atomic E-state index is 6.35. The molecule has 0 aliphatic heterocycles. The SMILES string of the molecule is CN(Cc1cccnc1)C1CCC(C)(C)C1N. The number of rotatable bonds is 3. The van der Waals surface area contributed by atoms with Gasteiger partial charge in [-0.1, -0.05) is 19.9 Å². The Morgan fingerprint density at radius 3 is 2.82 bits per heavy atom. The number of hydrogen-bond donors (Lipinski definition) is 1. The summed E-state index contributed by atoms with van der Waals surface area (Å²) in [6.07, 6.45) is 6.16. The molecule has 0 amide bonds. The highest BCUT2D eigenvalue weighted by Gasteiger charge is 2.40. The van der Waals surface area contributed by atoms with Gasteiger partial charge in [-0.3, -0.25) is 9.88 Å². The molecule has 1 aliphatic carbocycles. The highest BCUT2D eigenvalue weighted by Crippen LogP contribution is 2.38. The van der Waals surface area contributed by atoms with E-state index < -0.39 is 0 Å². The molecular weight excluding hydrogens is 210 g/mol. The van der Waals surface area contributed by atoms with Crippen molar-refractivity contribution >= 4 is 0 Å². The summed E-state index contributed by atoms with van der Waals surface area (Å²) in [5.41, 5.74) is 7.88. The molecule has 0 saturated heterocycles. The molecule has 2 N–H and O–H groups in total. The number of nitrogens with zero attached hydrogens (tertiary/aromatic N) is 2. The Hall–Kier alpha value is -0.930. The van der Waals surface area contributed by atoms with Gasteiger partial charge in [-0.2, -0.15) is 0 Å². The van der Waals surface area contributed by atoms with Gasteiger partial charge in [-0.25, -0.2) is 0 Å². The van der Waals surface area contributed by atoms with E-state index in [-0.39, 0.29) is 11.5 Å². The van der Waals surface area contributed by atoms with Crippen molar-refractivity contribution in [2.75, 3.05) is 7.05 Å². The summed E-state index contributed by atoms with van der Waals surface area (Å²) in [5, 5.41) is 0. The normalized spacial score (nSPS) is 27.6. The van der Waals surface area contributed by atoms with E-state index in [1.54, 1.807) is 0 Å². The third-order valence-electron chi connectivity index (χ3n) is 4.12. The minimum Gasteiger partial charge on any atom is -0.326 e. The van der Waals surface area contributed by atoms with Gasteiger partial charge in [0.25, 0.3) is 0 Å². The van der Waals surface area contributed by atoms with Crippen LogP contribution in [0.25, 0.3) is 0 Å². The number of nitrogens with two attached hydrogens (primary N) is 1. The lowest BCUT2D eigenvalue weighted by atomic mass is 9.87. The summed E-state index contributed by atoms with van der Waals surface area (Å²) < 4.78 is 0. The predicted octanol–water partition coefficient (Wildman–Crippen LogP) is 2.03. The van der Waals surface area contributed by atoms with Crippen LogP contribution < -0.4 is 5.73 Å². The Balaban J connectivity index is 2.00. The van der Waals surface area contributed by atoms with E-state index in [1.165, 1.54) is 18.4 Å². The summed E-state index contributed by atoms with van der Waals surface area (Å²) in [7, 11) is 2.17. The van der Waals surface area contributed by atoms with E-state index in [1.807, 2.05) is 18.5 Å². The van der Waals surface area contributed by atoms with Crippen LogP contribution >= 0.6 is 0 Å². The molecule has 2 rings (SSSR count). The molecule has 1 aromatic rings. The Labute approximate surface area is 104 Å². The molecule has 1 aromatic heterocycles. The third-order valence-corrected chi connectivity index (χ3v) is 4.12. The molecule has 94 valence electrons. The molecule has 1 fully saturated rings. The maximum absolute atomic E-state index is 6.35. The minimum absolute atomic E-state index is 0.268. The first-order chi connectivity index (χ1) is 8.00. The van der Waals surface area contributed by atoms with Crippen LogP contribution in [0.2, 0.25) is 0 Å². The number of aromatic nitrogens is 1. The van der Waals surface area contributed by atoms with Crippen molar-refractivity contribution in [3.05, 3.63) is 30.1 Å². The molecular formula is C14H23N3. The first kappa shape index (κ1) is 12.5. The zero-order chi connectivity index (χ0) is 12.5. The van der Waals surface area contributed by atoms with E-state index in [0.29, 0.717) is 6.04 Å². The number of pyridine rings is 1. The van der Waals surface area contributed by atoms with E-state index in [9.17, 15) is 0 Å². The van der Waals surface area contributed by atoms with Crippen LogP contribution in [0.4, 0.5) is 0 Å². The molecule has 0 bridgehead atoms. The average Bonchev–Trinajstić information content (AvgIpc) is 2.56. The molecule has 0 radical (unpaired) electrons. The summed E-state index contributed by atoms with van der Waals surface area (Å²) >= 11 is 0. The van der Waals surface area contributed by atoms with Crippen molar-refractivity contribution in [3.63, 3.8) is 0 Å². The fourth-order valence-electron chi connectivity index (χ4n) is 2.78. The zero-order valence-electron chi connectivity index (χ0n) is 11.1. The Bertz CT molecular complexity index is 361. The van der Waals surface area contributed by atoms with Gasteiger partial charge < -0.3 is 5.73 Å². The fraction of sp³-hybridized carbons (Fsp3) is 0.643. The summed E-state index contributed by atoms with van der Waals surface area (Å²) in [6, 6.07) is 4.87. The molecule has 3 heteroatoms. The second-order valence-electron chi connectivity index (χ2n) is 5.90. The third kappa shape index (κ3) is 2.67. The minimum atomic E-state index is 0.268. The number of hydrogen-bond acceptors (Lipinski definition) is 3. The lowest BCUT2D eigenvalue weighted by Crippen LogP contribution is -2.47. The van der Waals surface area contributed by atoms with Gasteiger partial charge in [-0.05, 0) is 36.9 Å². The molecule has 1 heterocycles. The topological polar surface area (TPSA) is 42.2 Å². The largest absolute Gasteiger partial charge is 0.326 e. The average molecular weight is 233 g/mol. The summed E-state index contributed by atoms with van der Waals surface area (Å²) in [4.78, 5) is 6.53. The highest BCUT2D eigenvalue weighted by molar-refractivity contribution is 5.09. The predicted molar refractivity (Wildman–Crippen MR) is 70.5 cm³/mol. The molecule has 0 aromatic carbocycles. The van der Waals surface area contributed by atoms with E-state index in [4.69, 9.17) is 5.73 Å². The van der Waals surface area contributed by atoms with Crippen molar-refractivity contribution in [1.29, 1.82) is 0 Å². The standard InChI is InChI=1S/C14H23N3/c1-14(2)7-6-12(13(14)15)17(3)10-11-5-4-8-16-9-11/h4-5,8-9,12-13H,6-7,10,15H2,1-3H3. The monoisotopic (exact) mass is 233 g/mol. The van der Waals surface area contributed by atoms with Gasteiger partial charge in [0.05, 0.1) is 0 Å². The van der Waals surface area contributed by atoms with Crippen molar-refractivity contribution in [3.8, 4) is 0 Å². The van der Waals surface area contributed by atoms with Gasteiger partial charge in [-0.15, -0.1) is 0 Å². The summed E-state index contributed by atoms with van der Waals surface area (Å²) in [5.74, 6) is 0. The van der Waals surface area contributed by atoms with Crippen LogP contribution in [0.1, 0.15) is 32.3 Å². The quantitative estimate of drug-likeness (QED) is 0.868. The lowest BCUT2D eigenvalue weighted by Gasteiger charge is -2.32. The maximum Gasteiger partial charge on any atom is 0.0312 e. The number of likely N-dealkylation sites (N-methyl/N-ethyl adjacent to an activating group) is 1. The second kappa shape index (κ2) is 4.75. The van der Waals surface area contributed by atoms with E-state index >= 15 is 0 Å². The molecule has 3 nitrogen and oxygen atoms in total. The van der Waals surface area contributed by atoms with E-state index in [0.717, 1.165) is 6.54 Å².